The molecule has 2 atom stereocenters. The summed E-state index contributed by atoms with van der Waals surface area (Å²) >= 11 is 0. The molecule has 0 spiro atoms. The average molecular weight is 227 g/mol. The van der Waals surface area contributed by atoms with Gasteiger partial charge in [-0.05, 0) is 39.5 Å². The maximum Gasteiger partial charge on any atom is 0.303 e. The highest BCUT2D eigenvalue weighted by molar-refractivity contribution is 5.77. The maximum atomic E-state index is 11.9. The third kappa shape index (κ3) is 3.51. The Hall–Kier alpha value is -1.06. The molecule has 1 fully saturated rings. The molecular weight excluding hydrogens is 206 g/mol. The molecule has 0 aromatic heterocycles. The number of carbonyl (C=O) groups excluding carboxylic acids is 1. The van der Waals surface area contributed by atoms with Crippen LogP contribution in [0.3, 0.4) is 0 Å². The van der Waals surface area contributed by atoms with E-state index >= 15 is 0 Å². The SMILES string of the molecule is CC1CCC(C)N1C(=O)CCCCC(=O)O. The standard InChI is InChI=1S/C12H21NO3/c1-9-7-8-10(2)13(9)11(14)5-3-4-6-12(15)16/h9-10H,3-8H2,1-2H3,(H,15,16). The summed E-state index contributed by atoms with van der Waals surface area (Å²) in [5.41, 5.74) is 0. The van der Waals surface area contributed by atoms with E-state index in [1.807, 2.05) is 4.90 Å². The van der Waals surface area contributed by atoms with Crippen molar-refractivity contribution < 1.29 is 14.7 Å². The van der Waals surface area contributed by atoms with E-state index in [-0.39, 0.29) is 12.3 Å². The van der Waals surface area contributed by atoms with Crippen molar-refractivity contribution in [2.24, 2.45) is 0 Å². The summed E-state index contributed by atoms with van der Waals surface area (Å²) in [4.78, 5) is 24.2. The highest BCUT2D eigenvalue weighted by atomic mass is 16.4. The fourth-order valence-electron chi connectivity index (χ4n) is 2.37. The molecule has 0 aromatic rings. The van der Waals surface area contributed by atoms with Crippen molar-refractivity contribution in [1.82, 2.24) is 4.90 Å². The van der Waals surface area contributed by atoms with Crippen LogP contribution in [-0.2, 0) is 9.59 Å². The molecule has 1 saturated heterocycles. The van der Waals surface area contributed by atoms with Crippen molar-refractivity contribution in [3.63, 3.8) is 0 Å². The van der Waals surface area contributed by atoms with E-state index < -0.39 is 5.97 Å². The van der Waals surface area contributed by atoms with Gasteiger partial charge in [-0.1, -0.05) is 0 Å². The molecular formula is C12H21NO3. The molecule has 0 saturated carbocycles. The molecule has 0 bridgehead atoms. The van der Waals surface area contributed by atoms with Crippen molar-refractivity contribution >= 4 is 11.9 Å². The van der Waals surface area contributed by atoms with Gasteiger partial charge in [-0.2, -0.15) is 0 Å². The van der Waals surface area contributed by atoms with Crippen LogP contribution in [0.25, 0.3) is 0 Å². The maximum absolute atomic E-state index is 11.9. The smallest absolute Gasteiger partial charge is 0.303 e. The van der Waals surface area contributed by atoms with Crippen molar-refractivity contribution in [3.05, 3.63) is 0 Å². The van der Waals surface area contributed by atoms with E-state index in [4.69, 9.17) is 5.11 Å². The van der Waals surface area contributed by atoms with Crippen LogP contribution in [-0.4, -0.2) is 34.0 Å². The third-order valence-corrected chi connectivity index (χ3v) is 3.27. The van der Waals surface area contributed by atoms with Gasteiger partial charge in [0.25, 0.3) is 0 Å². The van der Waals surface area contributed by atoms with E-state index in [0.717, 1.165) is 12.8 Å². The van der Waals surface area contributed by atoms with Gasteiger partial charge in [-0.3, -0.25) is 9.59 Å². The minimum atomic E-state index is -0.782. The Bertz CT molecular complexity index is 255. The van der Waals surface area contributed by atoms with Gasteiger partial charge in [-0.15, -0.1) is 0 Å². The van der Waals surface area contributed by atoms with Gasteiger partial charge in [-0.25, -0.2) is 0 Å². The molecule has 92 valence electrons. The minimum absolute atomic E-state index is 0.165. The van der Waals surface area contributed by atoms with Crippen molar-refractivity contribution in [3.8, 4) is 0 Å². The van der Waals surface area contributed by atoms with E-state index in [9.17, 15) is 9.59 Å². The number of hydrogen-bond acceptors (Lipinski definition) is 2. The summed E-state index contributed by atoms with van der Waals surface area (Å²) in [6, 6.07) is 0.698. The Labute approximate surface area is 96.6 Å². The first-order chi connectivity index (χ1) is 7.52. The highest BCUT2D eigenvalue weighted by Gasteiger charge is 2.30. The molecule has 0 aromatic carbocycles. The zero-order valence-corrected chi connectivity index (χ0v) is 10.1. The van der Waals surface area contributed by atoms with Gasteiger partial charge < -0.3 is 10.0 Å². The van der Waals surface area contributed by atoms with Crippen LogP contribution in [0.2, 0.25) is 0 Å². The van der Waals surface area contributed by atoms with Crippen LogP contribution in [0.1, 0.15) is 52.4 Å². The van der Waals surface area contributed by atoms with Gasteiger partial charge in [0, 0.05) is 24.9 Å². The second-order valence-corrected chi connectivity index (χ2v) is 4.68. The predicted octanol–water partition coefficient (Wildman–Crippen LogP) is 2.03. The van der Waals surface area contributed by atoms with Gasteiger partial charge in [0.15, 0.2) is 0 Å². The lowest BCUT2D eigenvalue weighted by atomic mass is 10.1. The van der Waals surface area contributed by atoms with Crippen LogP contribution in [0.15, 0.2) is 0 Å². The third-order valence-electron chi connectivity index (χ3n) is 3.27. The molecule has 0 aliphatic carbocycles. The van der Waals surface area contributed by atoms with Crippen LogP contribution in [0, 0.1) is 0 Å². The van der Waals surface area contributed by atoms with Gasteiger partial charge in [0.1, 0.15) is 0 Å². The number of unbranched alkanes of at least 4 members (excludes halogenated alkanes) is 1. The van der Waals surface area contributed by atoms with Crippen molar-refractivity contribution in [2.75, 3.05) is 0 Å². The van der Waals surface area contributed by atoms with Crippen molar-refractivity contribution in [1.29, 1.82) is 0 Å². The lowest BCUT2D eigenvalue weighted by Crippen LogP contribution is -2.38. The summed E-state index contributed by atoms with van der Waals surface area (Å²) in [7, 11) is 0. The molecule has 16 heavy (non-hydrogen) atoms. The van der Waals surface area contributed by atoms with Gasteiger partial charge >= 0.3 is 5.97 Å². The number of likely N-dealkylation sites (tertiary alicyclic amines) is 1. The van der Waals surface area contributed by atoms with Crippen LogP contribution in [0.5, 0.6) is 0 Å². The molecule has 2 unspecified atom stereocenters. The molecule has 4 nitrogen and oxygen atoms in total. The number of amides is 1. The fourth-order valence-corrected chi connectivity index (χ4v) is 2.37. The minimum Gasteiger partial charge on any atom is -0.481 e. The van der Waals surface area contributed by atoms with E-state index in [1.54, 1.807) is 0 Å². The molecule has 4 heteroatoms. The number of carbonyl (C=O) groups is 2. The molecule has 1 aliphatic rings. The number of rotatable bonds is 5. The number of nitrogens with zero attached hydrogens (tertiary/aromatic N) is 1. The Kier molecular flexibility index (Phi) is 4.77. The zero-order valence-electron chi connectivity index (χ0n) is 10.1. The number of carboxylic acids is 1. The summed E-state index contributed by atoms with van der Waals surface area (Å²) in [6.45, 7) is 4.16. The average Bonchev–Trinajstić information content (AvgIpc) is 2.53. The first kappa shape index (κ1) is 13.0. The van der Waals surface area contributed by atoms with Crippen LogP contribution >= 0.6 is 0 Å². The molecule has 1 rings (SSSR count). The summed E-state index contributed by atoms with van der Waals surface area (Å²) in [6.07, 6.45) is 4.10. The molecule has 1 aliphatic heterocycles. The Morgan fingerprint density at radius 2 is 1.62 bits per heavy atom. The zero-order chi connectivity index (χ0) is 12.1. The lowest BCUT2D eigenvalue weighted by Gasteiger charge is -2.26. The van der Waals surface area contributed by atoms with Gasteiger partial charge in [0.05, 0.1) is 0 Å². The van der Waals surface area contributed by atoms with Crippen molar-refractivity contribution in [2.45, 2.75) is 64.5 Å². The Morgan fingerprint density at radius 1 is 1.12 bits per heavy atom. The number of carboxylic acid groups (broad SMARTS) is 1. The first-order valence-corrected chi connectivity index (χ1v) is 6.05. The Morgan fingerprint density at radius 3 is 2.12 bits per heavy atom. The molecule has 1 amide bonds. The lowest BCUT2D eigenvalue weighted by molar-refractivity contribution is -0.138. The second-order valence-electron chi connectivity index (χ2n) is 4.68. The van der Waals surface area contributed by atoms with E-state index in [0.29, 0.717) is 31.3 Å². The fraction of sp³-hybridized carbons (Fsp3) is 0.833. The Balaban J connectivity index is 2.26. The first-order valence-electron chi connectivity index (χ1n) is 6.05. The summed E-state index contributed by atoms with van der Waals surface area (Å²) in [5, 5.41) is 8.48. The largest absolute Gasteiger partial charge is 0.481 e. The monoisotopic (exact) mass is 227 g/mol. The number of hydrogen-bond donors (Lipinski definition) is 1. The molecule has 0 radical (unpaired) electrons. The quantitative estimate of drug-likeness (QED) is 0.731. The molecule has 1 N–H and O–H groups in total. The number of aliphatic carboxylic acids is 1. The van der Waals surface area contributed by atoms with E-state index in [1.165, 1.54) is 0 Å². The topological polar surface area (TPSA) is 57.6 Å². The van der Waals surface area contributed by atoms with E-state index in [2.05, 4.69) is 13.8 Å². The molecule has 1 heterocycles. The highest BCUT2D eigenvalue weighted by Crippen LogP contribution is 2.24. The summed E-state index contributed by atoms with van der Waals surface area (Å²) < 4.78 is 0. The predicted molar refractivity (Wildman–Crippen MR) is 61.1 cm³/mol. The summed E-state index contributed by atoms with van der Waals surface area (Å²) in [5.74, 6) is -0.599. The second kappa shape index (κ2) is 5.87. The van der Waals surface area contributed by atoms with Crippen LogP contribution in [0.4, 0.5) is 0 Å². The van der Waals surface area contributed by atoms with Gasteiger partial charge in [0.2, 0.25) is 5.91 Å². The normalized spacial score (nSPS) is 24.8. The van der Waals surface area contributed by atoms with Crippen LogP contribution < -0.4 is 0 Å².